The molecule has 0 atom stereocenters. The standard InChI is InChI=1S/C16H13N5O3/c22-13(4-3-11-2-1-6-17-9-11)19-10-15-20-16(21-24-15)12-5-7-18-14(23)8-12/h1-9H,10H2,(H,18,23)(H,19,22)/b4-3+. The molecule has 8 heteroatoms. The van der Waals surface area contributed by atoms with Gasteiger partial charge in [0.1, 0.15) is 0 Å². The van der Waals surface area contributed by atoms with Crippen molar-refractivity contribution in [2.24, 2.45) is 0 Å². The minimum atomic E-state index is -0.297. The van der Waals surface area contributed by atoms with Crippen LogP contribution in [0, 0.1) is 0 Å². The van der Waals surface area contributed by atoms with Crippen LogP contribution in [-0.2, 0) is 11.3 Å². The van der Waals surface area contributed by atoms with Crippen molar-refractivity contribution in [3.63, 3.8) is 0 Å². The Morgan fingerprint density at radius 2 is 2.29 bits per heavy atom. The summed E-state index contributed by atoms with van der Waals surface area (Å²) in [4.78, 5) is 33.6. The van der Waals surface area contributed by atoms with Crippen molar-refractivity contribution >= 4 is 12.0 Å². The molecule has 3 aromatic heterocycles. The Morgan fingerprint density at radius 1 is 1.38 bits per heavy atom. The highest BCUT2D eigenvalue weighted by Crippen LogP contribution is 2.12. The molecule has 0 radical (unpaired) electrons. The van der Waals surface area contributed by atoms with E-state index in [0.717, 1.165) is 5.56 Å². The van der Waals surface area contributed by atoms with Crippen LogP contribution >= 0.6 is 0 Å². The molecule has 3 aromatic rings. The second-order valence-electron chi connectivity index (χ2n) is 4.79. The predicted octanol–water partition coefficient (Wildman–Crippen LogP) is 1.15. The van der Waals surface area contributed by atoms with Gasteiger partial charge in [0.25, 0.3) is 0 Å². The summed E-state index contributed by atoms with van der Waals surface area (Å²) in [6.07, 6.45) is 7.85. The molecule has 3 heterocycles. The van der Waals surface area contributed by atoms with E-state index in [1.807, 2.05) is 6.07 Å². The first-order valence-corrected chi connectivity index (χ1v) is 7.08. The van der Waals surface area contributed by atoms with E-state index in [0.29, 0.717) is 5.56 Å². The number of hydrogen-bond donors (Lipinski definition) is 2. The highest BCUT2D eigenvalue weighted by molar-refractivity contribution is 5.91. The maximum absolute atomic E-state index is 11.8. The number of aromatic amines is 1. The van der Waals surface area contributed by atoms with Crippen LogP contribution in [0.3, 0.4) is 0 Å². The summed E-state index contributed by atoms with van der Waals surface area (Å²) in [5, 5.41) is 6.42. The quantitative estimate of drug-likeness (QED) is 0.681. The molecule has 8 nitrogen and oxygen atoms in total. The molecule has 24 heavy (non-hydrogen) atoms. The normalized spacial score (nSPS) is 10.8. The van der Waals surface area contributed by atoms with Crippen molar-refractivity contribution in [3.8, 4) is 11.4 Å². The molecular formula is C16H13N5O3. The van der Waals surface area contributed by atoms with Crippen LogP contribution in [0.25, 0.3) is 17.5 Å². The van der Waals surface area contributed by atoms with Crippen molar-refractivity contribution in [1.82, 2.24) is 25.4 Å². The molecule has 0 fully saturated rings. The molecule has 120 valence electrons. The number of carbonyl (C=O) groups is 1. The molecule has 0 spiro atoms. The molecular weight excluding hydrogens is 310 g/mol. The molecule has 3 rings (SSSR count). The second-order valence-corrected chi connectivity index (χ2v) is 4.79. The van der Waals surface area contributed by atoms with Crippen LogP contribution in [0.15, 0.2) is 58.2 Å². The van der Waals surface area contributed by atoms with Gasteiger partial charge in [-0.25, -0.2) is 0 Å². The molecule has 0 unspecified atom stereocenters. The van der Waals surface area contributed by atoms with E-state index in [4.69, 9.17) is 4.52 Å². The Labute approximate surface area is 136 Å². The number of pyridine rings is 2. The minimum absolute atomic E-state index is 0.0897. The van der Waals surface area contributed by atoms with Crippen molar-refractivity contribution in [3.05, 3.63) is 70.7 Å². The van der Waals surface area contributed by atoms with E-state index in [1.54, 1.807) is 30.6 Å². The lowest BCUT2D eigenvalue weighted by molar-refractivity contribution is -0.116. The number of nitrogens with one attached hydrogen (secondary N) is 2. The molecule has 1 amide bonds. The summed E-state index contributed by atoms with van der Waals surface area (Å²) < 4.78 is 5.05. The maximum atomic E-state index is 11.8. The number of hydrogen-bond acceptors (Lipinski definition) is 6. The smallest absolute Gasteiger partial charge is 0.248 e. The zero-order valence-corrected chi connectivity index (χ0v) is 12.5. The van der Waals surface area contributed by atoms with Gasteiger partial charge >= 0.3 is 0 Å². The fourth-order valence-corrected chi connectivity index (χ4v) is 1.90. The van der Waals surface area contributed by atoms with Crippen LogP contribution < -0.4 is 10.9 Å². The zero-order chi connectivity index (χ0) is 16.8. The van der Waals surface area contributed by atoms with E-state index in [1.165, 1.54) is 18.3 Å². The Kier molecular flexibility index (Phi) is 4.57. The highest BCUT2D eigenvalue weighted by Gasteiger charge is 2.09. The maximum Gasteiger partial charge on any atom is 0.248 e. The number of rotatable bonds is 5. The lowest BCUT2D eigenvalue weighted by Crippen LogP contribution is -2.20. The Bertz CT molecular complexity index is 914. The van der Waals surface area contributed by atoms with Gasteiger partial charge in [0.15, 0.2) is 0 Å². The van der Waals surface area contributed by atoms with Gasteiger partial charge in [-0.1, -0.05) is 11.2 Å². The number of amides is 1. The summed E-state index contributed by atoms with van der Waals surface area (Å²) in [7, 11) is 0. The van der Waals surface area contributed by atoms with E-state index in [9.17, 15) is 9.59 Å². The molecule has 0 aromatic carbocycles. The Morgan fingerprint density at radius 3 is 3.08 bits per heavy atom. The van der Waals surface area contributed by atoms with Gasteiger partial charge in [-0.3, -0.25) is 14.6 Å². The predicted molar refractivity (Wildman–Crippen MR) is 85.5 cm³/mol. The van der Waals surface area contributed by atoms with Crippen molar-refractivity contribution in [1.29, 1.82) is 0 Å². The van der Waals surface area contributed by atoms with Crippen molar-refractivity contribution < 1.29 is 9.32 Å². The zero-order valence-electron chi connectivity index (χ0n) is 12.5. The van der Waals surface area contributed by atoms with Gasteiger partial charge in [0, 0.05) is 36.3 Å². The SMILES string of the molecule is O=C(/C=C/c1cccnc1)NCc1nc(-c2cc[nH]c(=O)c2)no1. The summed E-state index contributed by atoms with van der Waals surface area (Å²) in [6.45, 7) is 0.0897. The third-order valence-electron chi connectivity index (χ3n) is 3.03. The Balaban J connectivity index is 1.58. The first kappa shape index (κ1) is 15.3. The molecule has 0 aliphatic heterocycles. The lowest BCUT2D eigenvalue weighted by Gasteiger charge is -1.96. The summed E-state index contributed by atoms with van der Waals surface area (Å²) in [6, 6.07) is 6.64. The van der Waals surface area contributed by atoms with Crippen molar-refractivity contribution in [2.75, 3.05) is 0 Å². The van der Waals surface area contributed by atoms with Gasteiger partial charge in [-0.15, -0.1) is 0 Å². The number of carbonyl (C=O) groups excluding carboxylic acids is 1. The summed E-state index contributed by atoms with van der Waals surface area (Å²) >= 11 is 0. The van der Waals surface area contributed by atoms with E-state index >= 15 is 0 Å². The molecule has 0 saturated heterocycles. The molecule has 0 aliphatic carbocycles. The third kappa shape index (κ3) is 4.01. The lowest BCUT2D eigenvalue weighted by atomic mass is 10.2. The fraction of sp³-hybridized carbons (Fsp3) is 0.0625. The van der Waals surface area contributed by atoms with Gasteiger partial charge in [-0.2, -0.15) is 4.98 Å². The van der Waals surface area contributed by atoms with Crippen LogP contribution in [-0.4, -0.2) is 26.0 Å². The highest BCUT2D eigenvalue weighted by atomic mass is 16.5. The van der Waals surface area contributed by atoms with Gasteiger partial charge in [-0.05, 0) is 23.8 Å². The van der Waals surface area contributed by atoms with Gasteiger partial charge < -0.3 is 14.8 Å². The Hall–Kier alpha value is -3.55. The minimum Gasteiger partial charge on any atom is -0.343 e. The van der Waals surface area contributed by atoms with Crippen LogP contribution in [0.4, 0.5) is 0 Å². The van der Waals surface area contributed by atoms with Gasteiger partial charge in [0.2, 0.25) is 23.2 Å². The average molecular weight is 323 g/mol. The summed E-state index contributed by atoms with van der Waals surface area (Å²) in [5.74, 6) is 0.236. The van der Waals surface area contributed by atoms with Crippen LogP contribution in [0.2, 0.25) is 0 Å². The van der Waals surface area contributed by atoms with E-state index in [-0.39, 0.29) is 29.7 Å². The average Bonchev–Trinajstić information content (AvgIpc) is 3.08. The largest absolute Gasteiger partial charge is 0.343 e. The van der Waals surface area contributed by atoms with Crippen molar-refractivity contribution in [2.45, 2.75) is 6.54 Å². The number of H-pyrrole nitrogens is 1. The first-order chi connectivity index (χ1) is 11.7. The molecule has 0 aliphatic rings. The fourth-order valence-electron chi connectivity index (χ4n) is 1.90. The third-order valence-corrected chi connectivity index (χ3v) is 3.03. The van der Waals surface area contributed by atoms with E-state index in [2.05, 4.69) is 25.4 Å². The second kappa shape index (κ2) is 7.14. The van der Waals surface area contributed by atoms with E-state index < -0.39 is 0 Å². The monoisotopic (exact) mass is 323 g/mol. The van der Waals surface area contributed by atoms with Gasteiger partial charge in [0.05, 0.1) is 6.54 Å². The van der Waals surface area contributed by atoms with Crippen LogP contribution in [0.5, 0.6) is 0 Å². The number of aromatic nitrogens is 4. The topological polar surface area (TPSA) is 114 Å². The molecule has 2 N–H and O–H groups in total. The molecule has 0 bridgehead atoms. The van der Waals surface area contributed by atoms with Crippen LogP contribution in [0.1, 0.15) is 11.5 Å². The first-order valence-electron chi connectivity index (χ1n) is 7.08. The summed E-state index contributed by atoms with van der Waals surface area (Å²) in [5.41, 5.74) is 1.10. The number of nitrogens with zero attached hydrogens (tertiary/aromatic N) is 3. The molecule has 0 saturated carbocycles.